The van der Waals surface area contributed by atoms with E-state index < -0.39 is 22.2 Å². The molecule has 1 fully saturated rings. The fourth-order valence-electron chi connectivity index (χ4n) is 4.78. The van der Waals surface area contributed by atoms with E-state index >= 15 is 0 Å². The Hall–Kier alpha value is -3.31. The summed E-state index contributed by atoms with van der Waals surface area (Å²) in [6, 6.07) is 17.1. The first-order chi connectivity index (χ1) is 19.3. The van der Waals surface area contributed by atoms with Crippen LogP contribution >= 0.6 is 0 Å². The third kappa shape index (κ3) is 8.59. The van der Waals surface area contributed by atoms with Gasteiger partial charge in [-0.05, 0) is 73.5 Å². The lowest BCUT2D eigenvalue weighted by Crippen LogP contribution is -2.40. The van der Waals surface area contributed by atoms with E-state index in [9.17, 15) is 18.3 Å². The summed E-state index contributed by atoms with van der Waals surface area (Å²) in [5, 5.41) is 13.6. The van der Waals surface area contributed by atoms with Crippen LogP contribution in [0.25, 0.3) is 11.1 Å². The van der Waals surface area contributed by atoms with E-state index in [0.717, 1.165) is 60.9 Å². The Labute approximate surface area is 236 Å². The van der Waals surface area contributed by atoms with Crippen LogP contribution in [0.3, 0.4) is 0 Å². The Bertz CT molecular complexity index is 1340. The third-order valence-corrected chi connectivity index (χ3v) is 8.04. The summed E-state index contributed by atoms with van der Waals surface area (Å²) in [5.41, 5.74) is 3.96. The van der Waals surface area contributed by atoms with Crippen molar-refractivity contribution in [1.82, 2.24) is 19.7 Å². The molecular formula is C30H38N4O5S. The highest BCUT2D eigenvalue weighted by molar-refractivity contribution is 7.88. The number of aliphatic hydroxyl groups excluding tert-OH is 1. The number of hydrogen-bond donors (Lipinski definition) is 4. The zero-order valence-electron chi connectivity index (χ0n) is 22.8. The van der Waals surface area contributed by atoms with Crippen molar-refractivity contribution in [3.8, 4) is 16.9 Å². The number of hydrogen-bond acceptors (Lipinski definition) is 7. The number of aliphatic hydroxyl groups is 1. The fraction of sp³-hybridized carbons (Fsp3) is 0.400. The quantitative estimate of drug-likeness (QED) is 0.231. The van der Waals surface area contributed by atoms with Gasteiger partial charge in [0.25, 0.3) is 5.91 Å². The van der Waals surface area contributed by atoms with Crippen LogP contribution in [-0.2, 0) is 16.6 Å². The number of amides is 1. The highest BCUT2D eigenvalue weighted by Crippen LogP contribution is 2.31. The maximum atomic E-state index is 12.9. The molecular weight excluding hydrogens is 528 g/mol. The molecule has 2 aromatic carbocycles. The number of benzene rings is 2. The maximum Gasteiger partial charge on any atom is 0.301 e. The zero-order chi connectivity index (χ0) is 28.4. The molecule has 0 bridgehead atoms. The SMILES string of the molecule is CCNS(=O)(=O)NC(=O)c1ccc(-c2ccc(CCNC[C@@H](O)c3cccnc3)cc2)cc1OC1CCCCC1. The van der Waals surface area contributed by atoms with Crippen LogP contribution in [0.5, 0.6) is 5.75 Å². The number of rotatable bonds is 13. The molecule has 1 amide bonds. The van der Waals surface area contributed by atoms with E-state index in [1.807, 2.05) is 30.3 Å². The highest BCUT2D eigenvalue weighted by Gasteiger charge is 2.22. The second kappa shape index (κ2) is 14.4. The molecule has 0 saturated heterocycles. The van der Waals surface area contributed by atoms with Crippen LogP contribution in [-0.4, -0.2) is 50.2 Å². The van der Waals surface area contributed by atoms with Gasteiger partial charge in [-0.25, -0.2) is 4.72 Å². The predicted molar refractivity (Wildman–Crippen MR) is 155 cm³/mol. The van der Waals surface area contributed by atoms with E-state index in [2.05, 4.69) is 31.9 Å². The highest BCUT2D eigenvalue weighted by atomic mass is 32.2. The van der Waals surface area contributed by atoms with Gasteiger partial charge in [0.05, 0.1) is 17.8 Å². The Morgan fingerprint density at radius 1 is 1.07 bits per heavy atom. The first-order valence-corrected chi connectivity index (χ1v) is 15.3. The number of aromatic nitrogens is 1. The Morgan fingerprint density at radius 3 is 2.52 bits per heavy atom. The molecule has 9 nitrogen and oxygen atoms in total. The minimum Gasteiger partial charge on any atom is -0.490 e. The molecule has 4 rings (SSSR count). The largest absolute Gasteiger partial charge is 0.490 e. The minimum absolute atomic E-state index is 0.00697. The maximum absolute atomic E-state index is 12.9. The molecule has 1 atom stereocenters. The molecule has 10 heteroatoms. The van der Waals surface area contributed by atoms with E-state index in [0.29, 0.717) is 12.3 Å². The summed E-state index contributed by atoms with van der Waals surface area (Å²) < 4.78 is 34.9. The first kappa shape index (κ1) is 29.7. The molecule has 1 aliphatic rings. The summed E-state index contributed by atoms with van der Waals surface area (Å²) in [6.07, 6.45) is 8.66. The fourth-order valence-corrected chi connectivity index (χ4v) is 5.59. The molecule has 3 aromatic rings. The lowest BCUT2D eigenvalue weighted by atomic mass is 9.97. The number of pyridine rings is 1. The monoisotopic (exact) mass is 566 g/mol. The van der Waals surface area contributed by atoms with Crippen LogP contribution in [0.2, 0.25) is 0 Å². The van der Waals surface area contributed by atoms with Gasteiger partial charge in [0.1, 0.15) is 5.75 Å². The number of nitrogens with one attached hydrogen (secondary N) is 3. The van der Waals surface area contributed by atoms with E-state index in [-0.39, 0.29) is 18.2 Å². The topological polar surface area (TPSA) is 130 Å². The van der Waals surface area contributed by atoms with Gasteiger partial charge < -0.3 is 15.2 Å². The van der Waals surface area contributed by atoms with E-state index in [1.165, 1.54) is 6.42 Å². The van der Waals surface area contributed by atoms with Crippen molar-refractivity contribution in [3.05, 3.63) is 83.7 Å². The smallest absolute Gasteiger partial charge is 0.301 e. The van der Waals surface area contributed by atoms with Gasteiger partial charge in [-0.3, -0.25) is 9.78 Å². The molecule has 0 spiro atoms. The lowest BCUT2D eigenvalue weighted by molar-refractivity contribution is 0.0969. The molecule has 1 saturated carbocycles. The van der Waals surface area contributed by atoms with Crippen molar-refractivity contribution in [1.29, 1.82) is 0 Å². The molecule has 0 unspecified atom stereocenters. The van der Waals surface area contributed by atoms with Crippen molar-refractivity contribution in [2.24, 2.45) is 0 Å². The van der Waals surface area contributed by atoms with Gasteiger partial charge in [-0.1, -0.05) is 49.7 Å². The van der Waals surface area contributed by atoms with Gasteiger partial charge in [-0.15, -0.1) is 0 Å². The average molecular weight is 567 g/mol. The van der Waals surface area contributed by atoms with Gasteiger partial charge >= 0.3 is 10.2 Å². The van der Waals surface area contributed by atoms with Gasteiger partial charge in [0.2, 0.25) is 0 Å². The molecule has 1 aromatic heterocycles. The van der Waals surface area contributed by atoms with E-state index in [1.54, 1.807) is 31.5 Å². The average Bonchev–Trinajstić information content (AvgIpc) is 2.96. The minimum atomic E-state index is -3.95. The Balaban J connectivity index is 1.42. The van der Waals surface area contributed by atoms with Gasteiger partial charge in [-0.2, -0.15) is 13.1 Å². The van der Waals surface area contributed by atoms with Crippen LogP contribution in [0.1, 0.15) is 66.6 Å². The molecule has 1 heterocycles. The lowest BCUT2D eigenvalue weighted by Gasteiger charge is -2.24. The van der Waals surface area contributed by atoms with Gasteiger partial charge in [0, 0.05) is 31.0 Å². The molecule has 4 N–H and O–H groups in total. The summed E-state index contributed by atoms with van der Waals surface area (Å²) in [7, 11) is -3.95. The van der Waals surface area contributed by atoms with E-state index in [4.69, 9.17) is 4.74 Å². The van der Waals surface area contributed by atoms with Crippen molar-refractivity contribution in [2.45, 2.75) is 57.7 Å². The molecule has 0 radical (unpaired) electrons. The predicted octanol–water partition coefficient (Wildman–Crippen LogP) is 3.91. The van der Waals surface area contributed by atoms with Crippen LogP contribution in [0.4, 0.5) is 0 Å². The summed E-state index contributed by atoms with van der Waals surface area (Å²) in [6.45, 7) is 2.98. The van der Waals surface area contributed by atoms with Crippen LogP contribution in [0, 0.1) is 0 Å². The van der Waals surface area contributed by atoms with Crippen molar-refractivity contribution >= 4 is 16.1 Å². The van der Waals surface area contributed by atoms with Crippen LogP contribution < -0.4 is 19.5 Å². The van der Waals surface area contributed by atoms with Crippen molar-refractivity contribution in [2.75, 3.05) is 19.6 Å². The van der Waals surface area contributed by atoms with Crippen molar-refractivity contribution in [3.63, 3.8) is 0 Å². The summed E-state index contributed by atoms with van der Waals surface area (Å²) >= 11 is 0. The summed E-state index contributed by atoms with van der Waals surface area (Å²) in [4.78, 5) is 16.9. The second-order valence-electron chi connectivity index (χ2n) is 9.97. The zero-order valence-corrected chi connectivity index (χ0v) is 23.6. The standard InChI is InChI=1S/C30H38N4O5S/c1-2-33-40(37,38)34-30(36)27-15-14-24(19-29(27)39-26-8-4-3-5-9-26)23-12-10-22(11-13-23)16-18-32-21-28(35)25-7-6-17-31-20-25/h6-7,10-15,17,19-20,26,28,32-33,35H,2-5,8-9,16,18,21H2,1H3,(H,34,36)/t28-/m1/s1. The molecule has 40 heavy (non-hydrogen) atoms. The number of carbonyl (C=O) groups is 1. The number of carbonyl (C=O) groups excluding carboxylic acids is 1. The Morgan fingerprint density at radius 2 is 1.82 bits per heavy atom. The van der Waals surface area contributed by atoms with Gasteiger partial charge in [0.15, 0.2) is 0 Å². The number of ether oxygens (including phenoxy) is 1. The Kier molecular flexibility index (Phi) is 10.7. The first-order valence-electron chi connectivity index (χ1n) is 13.8. The van der Waals surface area contributed by atoms with Crippen LogP contribution in [0.15, 0.2) is 67.0 Å². The summed E-state index contributed by atoms with van der Waals surface area (Å²) in [5.74, 6) is -0.344. The number of nitrogens with zero attached hydrogens (tertiary/aromatic N) is 1. The molecule has 214 valence electrons. The molecule has 0 aliphatic heterocycles. The van der Waals surface area contributed by atoms with Crippen molar-refractivity contribution < 1.29 is 23.1 Å². The molecule has 1 aliphatic carbocycles. The third-order valence-electron chi connectivity index (χ3n) is 6.92. The normalized spacial score (nSPS) is 14.9. The second-order valence-corrected chi connectivity index (χ2v) is 11.5.